The fourth-order valence-electron chi connectivity index (χ4n) is 4.36. The van der Waals surface area contributed by atoms with Crippen LogP contribution in [0.4, 0.5) is 5.13 Å². The van der Waals surface area contributed by atoms with Crippen LogP contribution in [-0.4, -0.2) is 47.2 Å². The summed E-state index contributed by atoms with van der Waals surface area (Å²) in [5.74, 6) is 2.51. The number of hydrogen-bond donors (Lipinski definition) is 2. The number of pyridine rings is 1. The Labute approximate surface area is 144 Å². The summed E-state index contributed by atoms with van der Waals surface area (Å²) in [7, 11) is 1.63. The van der Waals surface area contributed by atoms with Gasteiger partial charge in [0, 0.05) is 12.6 Å². The second-order valence-electron chi connectivity index (χ2n) is 6.98. The van der Waals surface area contributed by atoms with E-state index in [9.17, 15) is 0 Å². The Bertz CT molecular complexity index is 810. The van der Waals surface area contributed by atoms with E-state index in [-0.39, 0.29) is 5.54 Å². The van der Waals surface area contributed by atoms with Gasteiger partial charge in [-0.15, -0.1) is 0 Å². The van der Waals surface area contributed by atoms with E-state index in [0.29, 0.717) is 5.88 Å². The number of piperidine rings is 3. The topological polar surface area (TPSA) is 62.3 Å². The Kier molecular flexibility index (Phi) is 3.21. The highest BCUT2D eigenvalue weighted by Crippen LogP contribution is 2.41. The highest BCUT2D eigenvalue weighted by atomic mass is 32.1. The second kappa shape index (κ2) is 5.32. The standard InChI is InChI=1S/C17H21N5OS/c1-23-14-3-2-12-15(20-14)24-16(18-12)19-13-4-7-17(21-13)10-22-8-5-11(17)6-9-22/h2-4,11,21H,5-10H2,1H3,(H,18,19). The maximum atomic E-state index is 5.19. The molecule has 2 aromatic heterocycles. The van der Waals surface area contributed by atoms with E-state index in [1.807, 2.05) is 12.1 Å². The van der Waals surface area contributed by atoms with Crippen molar-refractivity contribution in [2.45, 2.75) is 24.8 Å². The van der Waals surface area contributed by atoms with Crippen LogP contribution in [0.15, 0.2) is 24.0 Å². The highest BCUT2D eigenvalue weighted by molar-refractivity contribution is 7.21. The van der Waals surface area contributed by atoms with Crippen LogP contribution in [0, 0.1) is 5.92 Å². The zero-order valence-electron chi connectivity index (χ0n) is 13.7. The summed E-state index contributed by atoms with van der Waals surface area (Å²) in [5.41, 5.74) is 1.14. The second-order valence-corrected chi connectivity index (χ2v) is 7.95. The number of rotatable bonds is 3. The van der Waals surface area contributed by atoms with Crippen LogP contribution in [-0.2, 0) is 0 Å². The molecular formula is C17H21N5OS. The minimum Gasteiger partial charge on any atom is -0.481 e. The van der Waals surface area contributed by atoms with Gasteiger partial charge in [0.2, 0.25) is 5.88 Å². The van der Waals surface area contributed by atoms with E-state index in [2.05, 4.69) is 31.6 Å². The summed E-state index contributed by atoms with van der Waals surface area (Å²) < 4.78 is 5.19. The number of methoxy groups -OCH3 is 1. The molecule has 24 heavy (non-hydrogen) atoms. The maximum Gasteiger partial charge on any atom is 0.214 e. The third-order valence-electron chi connectivity index (χ3n) is 5.61. The van der Waals surface area contributed by atoms with Crippen LogP contribution < -0.4 is 15.4 Å². The molecule has 4 aliphatic rings. The van der Waals surface area contributed by atoms with Gasteiger partial charge in [-0.25, -0.2) is 9.97 Å². The molecule has 0 aliphatic carbocycles. The lowest BCUT2D eigenvalue weighted by atomic mass is 9.72. The third kappa shape index (κ3) is 2.26. The van der Waals surface area contributed by atoms with Gasteiger partial charge in [-0.1, -0.05) is 11.3 Å². The SMILES string of the molecule is COc1ccc2nc(NC3=CCC4(CN5CCC4CC5)N3)sc2n1. The quantitative estimate of drug-likeness (QED) is 0.892. The first-order valence-electron chi connectivity index (χ1n) is 8.53. The van der Waals surface area contributed by atoms with Crippen molar-refractivity contribution in [3.63, 3.8) is 0 Å². The van der Waals surface area contributed by atoms with Crippen molar-refractivity contribution in [1.29, 1.82) is 0 Å². The smallest absolute Gasteiger partial charge is 0.214 e. The molecule has 0 amide bonds. The summed E-state index contributed by atoms with van der Waals surface area (Å²) in [6.45, 7) is 3.70. The van der Waals surface area contributed by atoms with E-state index in [1.165, 1.54) is 25.9 Å². The number of ether oxygens (including phenoxy) is 1. The lowest BCUT2D eigenvalue weighted by Gasteiger charge is -2.52. The van der Waals surface area contributed by atoms with Crippen LogP contribution in [0.5, 0.6) is 5.88 Å². The van der Waals surface area contributed by atoms with Crippen LogP contribution in [0.25, 0.3) is 10.3 Å². The number of nitrogens with zero attached hydrogens (tertiary/aromatic N) is 3. The molecule has 1 atom stereocenters. The van der Waals surface area contributed by atoms with Gasteiger partial charge < -0.3 is 20.3 Å². The van der Waals surface area contributed by atoms with Gasteiger partial charge in [0.25, 0.3) is 0 Å². The predicted octanol–water partition coefficient (Wildman–Crippen LogP) is 2.41. The molecule has 3 fully saturated rings. The summed E-state index contributed by atoms with van der Waals surface area (Å²) in [4.78, 5) is 12.6. The van der Waals surface area contributed by atoms with Gasteiger partial charge in [-0.2, -0.15) is 0 Å². The number of nitrogens with one attached hydrogen (secondary N) is 2. The first kappa shape index (κ1) is 14.5. The number of anilines is 1. The predicted molar refractivity (Wildman–Crippen MR) is 95.3 cm³/mol. The highest BCUT2D eigenvalue weighted by Gasteiger charge is 2.48. The largest absolute Gasteiger partial charge is 0.481 e. The summed E-state index contributed by atoms with van der Waals surface area (Å²) in [6, 6.07) is 3.80. The average Bonchev–Trinajstić information content (AvgIpc) is 3.19. The van der Waals surface area contributed by atoms with Gasteiger partial charge >= 0.3 is 0 Å². The molecule has 1 unspecified atom stereocenters. The summed E-state index contributed by atoms with van der Waals surface area (Å²) in [5, 5.41) is 8.12. The van der Waals surface area contributed by atoms with Gasteiger partial charge in [0.15, 0.2) is 5.13 Å². The van der Waals surface area contributed by atoms with Gasteiger partial charge in [0.05, 0.1) is 12.6 Å². The molecule has 0 radical (unpaired) electrons. The molecule has 1 spiro atoms. The normalized spacial score (nSPS) is 31.3. The van der Waals surface area contributed by atoms with Gasteiger partial charge in [-0.3, -0.25) is 0 Å². The minimum absolute atomic E-state index is 0.233. The lowest BCUT2D eigenvalue weighted by Crippen LogP contribution is -2.64. The average molecular weight is 343 g/mol. The molecule has 6 rings (SSSR count). The molecule has 0 aromatic carbocycles. The number of aromatic nitrogens is 2. The first-order chi connectivity index (χ1) is 11.7. The van der Waals surface area contributed by atoms with Gasteiger partial charge in [-0.05, 0) is 50.4 Å². The van der Waals surface area contributed by atoms with Gasteiger partial charge in [0.1, 0.15) is 16.2 Å². The minimum atomic E-state index is 0.233. The lowest BCUT2D eigenvalue weighted by molar-refractivity contribution is 0.0189. The fraction of sp³-hybridized carbons (Fsp3) is 0.529. The summed E-state index contributed by atoms with van der Waals surface area (Å²) in [6.07, 6.45) is 6.04. The Morgan fingerprint density at radius 3 is 2.96 bits per heavy atom. The molecule has 6 heterocycles. The van der Waals surface area contributed by atoms with E-state index in [4.69, 9.17) is 4.74 Å². The monoisotopic (exact) mass is 343 g/mol. The molecule has 126 valence electrons. The molecule has 4 aliphatic heterocycles. The van der Waals surface area contributed by atoms with E-state index < -0.39 is 0 Å². The van der Waals surface area contributed by atoms with E-state index >= 15 is 0 Å². The maximum absolute atomic E-state index is 5.19. The number of thiazole rings is 1. The van der Waals surface area contributed by atoms with Crippen molar-refractivity contribution in [1.82, 2.24) is 20.2 Å². The molecule has 6 nitrogen and oxygen atoms in total. The summed E-state index contributed by atoms with van der Waals surface area (Å²) >= 11 is 1.56. The first-order valence-corrected chi connectivity index (χ1v) is 9.35. The zero-order valence-corrected chi connectivity index (χ0v) is 14.5. The van der Waals surface area contributed by atoms with Crippen LogP contribution in [0.1, 0.15) is 19.3 Å². The van der Waals surface area contributed by atoms with E-state index in [0.717, 1.165) is 40.2 Å². The molecule has 3 saturated heterocycles. The Balaban J connectivity index is 1.34. The Morgan fingerprint density at radius 1 is 1.33 bits per heavy atom. The number of hydrogen-bond acceptors (Lipinski definition) is 7. The van der Waals surface area contributed by atoms with E-state index in [1.54, 1.807) is 18.4 Å². The third-order valence-corrected chi connectivity index (χ3v) is 6.49. The van der Waals surface area contributed by atoms with Crippen LogP contribution >= 0.6 is 11.3 Å². The van der Waals surface area contributed by atoms with Crippen molar-refractivity contribution in [2.75, 3.05) is 32.1 Å². The van der Waals surface area contributed by atoms with Crippen molar-refractivity contribution in [2.24, 2.45) is 5.92 Å². The molecule has 7 heteroatoms. The van der Waals surface area contributed by atoms with Crippen molar-refractivity contribution in [3.8, 4) is 5.88 Å². The van der Waals surface area contributed by atoms with Crippen molar-refractivity contribution >= 4 is 26.8 Å². The molecule has 0 saturated carbocycles. The Morgan fingerprint density at radius 2 is 2.21 bits per heavy atom. The van der Waals surface area contributed by atoms with Crippen molar-refractivity contribution in [3.05, 3.63) is 24.0 Å². The number of fused-ring (bicyclic) bond motifs is 3. The zero-order chi connectivity index (χ0) is 16.1. The fourth-order valence-corrected chi connectivity index (χ4v) is 5.21. The molecule has 2 aromatic rings. The van der Waals surface area contributed by atoms with Crippen LogP contribution in [0.3, 0.4) is 0 Å². The van der Waals surface area contributed by atoms with Crippen LogP contribution in [0.2, 0.25) is 0 Å². The Hall–Kier alpha value is -1.86. The van der Waals surface area contributed by atoms with Crippen molar-refractivity contribution < 1.29 is 4.74 Å². The molecule has 2 bridgehead atoms. The molecular weight excluding hydrogens is 322 g/mol. The molecule has 2 N–H and O–H groups in total.